The van der Waals surface area contributed by atoms with Gasteiger partial charge in [-0.1, -0.05) is 18.2 Å². The lowest BCUT2D eigenvalue weighted by molar-refractivity contribution is 0.0948. The maximum atomic E-state index is 12.3. The van der Waals surface area contributed by atoms with E-state index in [9.17, 15) is 9.59 Å². The molecule has 0 fully saturated rings. The highest BCUT2D eigenvalue weighted by Gasteiger charge is 2.14. The van der Waals surface area contributed by atoms with Crippen LogP contribution in [0.15, 0.2) is 74.0 Å². The molecule has 0 atom stereocenters. The third-order valence-corrected chi connectivity index (χ3v) is 4.75. The van der Waals surface area contributed by atoms with Gasteiger partial charge in [-0.15, -0.1) is 11.3 Å². The Morgan fingerprint density at radius 3 is 2.84 bits per heavy atom. The molecule has 3 heterocycles. The average Bonchev–Trinajstić information content (AvgIpc) is 3.30. The standard InChI is InChI=1S/C19H13NO4S/c21-18(16-8-12-3-1-2-4-17(12)24-19(16)22)20-9-15-7-14(11-25-15)13-5-6-23-10-13/h1-8,10-11H,9H2,(H,20,21). The van der Waals surface area contributed by atoms with Gasteiger partial charge in [-0.05, 0) is 35.2 Å². The van der Waals surface area contributed by atoms with Crippen LogP contribution in [0.1, 0.15) is 15.2 Å². The molecule has 5 nitrogen and oxygen atoms in total. The molecule has 25 heavy (non-hydrogen) atoms. The SMILES string of the molecule is O=C(NCc1cc(-c2ccoc2)cs1)c1cc2ccccc2oc1=O. The van der Waals surface area contributed by atoms with Crippen LogP contribution in [-0.4, -0.2) is 5.91 Å². The summed E-state index contributed by atoms with van der Waals surface area (Å²) in [4.78, 5) is 25.3. The zero-order valence-corrected chi connectivity index (χ0v) is 13.8. The molecule has 1 aromatic carbocycles. The second kappa shape index (κ2) is 6.41. The Morgan fingerprint density at radius 2 is 2.00 bits per heavy atom. The summed E-state index contributed by atoms with van der Waals surface area (Å²) in [5, 5.41) is 5.48. The van der Waals surface area contributed by atoms with Crippen molar-refractivity contribution in [3.05, 3.63) is 81.2 Å². The Labute approximate surface area is 146 Å². The van der Waals surface area contributed by atoms with Gasteiger partial charge in [0, 0.05) is 15.8 Å². The predicted molar refractivity (Wildman–Crippen MR) is 95.7 cm³/mol. The first-order valence-corrected chi connectivity index (χ1v) is 8.50. The van der Waals surface area contributed by atoms with E-state index in [1.165, 1.54) is 11.3 Å². The van der Waals surface area contributed by atoms with E-state index in [-0.39, 0.29) is 5.56 Å². The molecule has 0 unspecified atom stereocenters. The predicted octanol–water partition coefficient (Wildman–Crippen LogP) is 4.04. The number of benzene rings is 1. The van der Waals surface area contributed by atoms with Gasteiger partial charge in [-0.2, -0.15) is 0 Å². The van der Waals surface area contributed by atoms with E-state index >= 15 is 0 Å². The molecule has 6 heteroatoms. The Bertz CT molecular complexity index is 1090. The van der Waals surface area contributed by atoms with E-state index in [0.29, 0.717) is 17.5 Å². The van der Waals surface area contributed by atoms with Crippen LogP contribution in [0, 0.1) is 0 Å². The monoisotopic (exact) mass is 351 g/mol. The molecular weight excluding hydrogens is 338 g/mol. The lowest BCUT2D eigenvalue weighted by atomic mass is 10.1. The number of para-hydroxylation sites is 1. The van der Waals surface area contributed by atoms with E-state index < -0.39 is 11.5 Å². The number of thiophene rings is 1. The van der Waals surface area contributed by atoms with Crippen LogP contribution in [-0.2, 0) is 6.54 Å². The number of nitrogens with one attached hydrogen (secondary N) is 1. The minimum atomic E-state index is -0.638. The number of amides is 1. The molecule has 0 radical (unpaired) electrons. The van der Waals surface area contributed by atoms with Crippen LogP contribution in [0.5, 0.6) is 0 Å². The minimum Gasteiger partial charge on any atom is -0.472 e. The van der Waals surface area contributed by atoms with Crippen molar-refractivity contribution in [2.45, 2.75) is 6.54 Å². The average molecular weight is 351 g/mol. The van der Waals surface area contributed by atoms with Crippen molar-refractivity contribution in [1.29, 1.82) is 0 Å². The van der Waals surface area contributed by atoms with Gasteiger partial charge in [0.2, 0.25) is 0 Å². The van der Waals surface area contributed by atoms with Crippen molar-refractivity contribution in [3.8, 4) is 11.1 Å². The van der Waals surface area contributed by atoms with E-state index in [0.717, 1.165) is 16.0 Å². The van der Waals surface area contributed by atoms with Gasteiger partial charge < -0.3 is 14.2 Å². The van der Waals surface area contributed by atoms with Crippen molar-refractivity contribution in [2.75, 3.05) is 0 Å². The first-order chi connectivity index (χ1) is 12.2. The molecule has 0 aliphatic carbocycles. The van der Waals surface area contributed by atoms with Gasteiger partial charge in [0.15, 0.2) is 0 Å². The van der Waals surface area contributed by atoms with E-state index in [4.69, 9.17) is 8.83 Å². The highest BCUT2D eigenvalue weighted by molar-refractivity contribution is 7.10. The van der Waals surface area contributed by atoms with Crippen LogP contribution in [0.2, 0.25) is 0 Å². The molecule has 3 aromatic heterocycles. The van der Waals surface area contributed by atoms with Gasteiger partial charge in [0.25, 0.3) is 5.91 Å². The van der Waals surface area contributed by atoms with Gasteiger partial charge in [0.1, 0.15) is 11.1 Å². The largest absolute Gasteiger partial charge is 0.472 e. The van der Waals surface area contributed by atoms with Crippen LogP contribution < -0.4 is 10.9 Å². The maximum absolute atomic E-state index is 12.3. The number of rotatable bonds is 4. The lowest BCUT2D eigenvalue weighted by Gasteiger charge is -2.04. The third-order valence-electron chi connectivity index (χ3n) is 3.82. The Morgan fingerprint density at radius 1 is 1.12 bits per heavy atom. The van der Waals surface area contributed by atoms with E-state index in [2.05, 4.69) is 5.32 Å². The van der Waals surface area contributed by atoms with Crippen molar-refractivity contribution in [2.24, 2.45) is 0 Å². The highest BCUT2D eigenvalue weighted by Crippen LogP contribution is 2.25. The van der Waals surface area contributed by atoms with Crippen molar-refractivity contribution in [1.82, 2.24) is 5.32 Å². The molecule has 0 aliphatic rings. The molecule has 0 saturated carbocycles. The molecule has 0 spiro atoms. The fraction of sp³-hybridized carbons (Fsp3) is 0.0526. The van der Waals surface area contributed by atoms with Gasteiger partial charge in [0.05, 0.1) is 19.1 Å². The Kier molecular flexibility index (Phi) is 3.95. The van der Waals surface area contributed by atoms with Crippen molar-refractivity contribution < 1.29 is 13.6 Å². The number of hydrogen-bond acceptors (Lipinski definition) is 5. The molecule has 0 aliphatic heterocycles. The minimum absolute atomic E-state index is 0.00492. The van der Waals surface area contributed by atoms with E-state index in [1.807, 2.05) is 23.6 Å². The van der Waals surface area contributed by atoms with Crippen LogP contribution in [0.3, 0.4) is 0 Å². The van der Waals surface area contributed by atoms with Crippen molar-refractivity contribution in [3.63, 3.8) is 0 Å². The molecule has 4 aromatic rings. The zero-order chi connectivity index (χ0) is 17.2. The molecular formula is C19H13NO4S. The maximum Gasteiger partial charge on any atom is 0.349 e. The lowest BCUT2D eigenvalue weighted by Crippen LogP contribution is -2.27. The van der Waals surface area contributed by atoms with Crippen LogP contribution >= 0.6 is 11.3 Å². The number of hydrogen-bond donors (Lipinski definition) is 1. The highest BCUT2D eigenvalue weighted by atomic mass is 32.1. The quantitative estimate of drug-likeness (QED) is 0.563. The first-order valence-electron chi connectivity index (χ1n) is 7.62. The van der Waals surface area contributed by atoms with Crippen LogP contribution in [0.4, 0.5) is 0 Å². The summed E-state index contributed by atoms with van der Waals surface area (Å²) >= 11 is 1.53. The summed E-state index contributed by atoms with van der Waals surface area (Å²) in [6, 6.07) is 12.5. The van der Waals surface area contributed by atoms with Gasteiger partial charge in [-0.25, -0.2) is 4.79 Å². The Balaban J connectivity index is 1.51. The summed E-state index contributed by atoms with van der Waals surface area (Å²) in [5.41, 5.74) is 1.86. The molecule has 0 saturated heterocycles. The number of carbonyl (C=O) groups excluding carboxylic acids is 1. The summed E-state index contributed by atoms with van der Waals surface area (Å²) in [6.45, 7) is 0.341. The number of furan rings is 1. The summed E-state index contributed by atoms with van der Waals surface area (Å²) in [5.74, 6) is -0.447. The van der Waals surface area contributed by atoms with Gasteiger partial charge >= 0.3 is 5.63 Å². The molecule has 0 bridgehead atoms. The fourth-order valence-electron chi connectivity index (χ4n) is 2.54. The van der Waals surface area contributed by atoms with Crippen molar-refractivity contribution >= 4 is 28.2 Å². The number of carbonyl (C=O) groups is 1. The fourth-order valence-corrected chi connectivity index (χ4v) is 3.37. The molecule has 1 amide bonds. The first kappa shape index (κ1) is 15.4. The van der Waals surface area contributed by atoms with Crippen LogP contribution in [0.25, 0.3) is 22.1 Å². The molecule has 4 rings (SSSR count). The molecule has 124 valence electrons. The Hall–Kier alpha value is -3.12. The van der Waals surface area contributed by atoms with Gasteiger partial charge in [-0.3, -0.25) is 4.79 Å². The normalized spacial score (nSPS) is 10.9. The zero-order valence-electron chi connectivity index (χ0n) is 13.0. The number of fused-ring (bicyclic) bond motifs is 1. The smallest absolute Gasteiger partial charge is 0.349 e. The van der Waals surface area contributed by atoms with E-state index in [1.54, 1.807) is 36.8 Å². The topological polar surface area (TPSA) is 72.5 Å². The summed E-state index contributed by atoms with van der Waals surface area (Å²) < 4.78 is 10.3. The second-order valence-electron chi connectivity index (χ2n) is 5.48. The second-order valence-corrected chi connectivity index (χ2v) is 6.48. The summed E-state index contributed by atoms with van der Waals surface area (Å²) in [6.07, 6.45) is 3.29. The summed E-state index contributed by atoms with van der Waals surface area (Å²) in [7, 11) is 0. The molecule has 1 N–H and O–H groups in total. The third kappa shape index (κ3) is 3.12.